The van der Waals surface area contributed by atoms with Gasteiger partial charge in [0.05, 0.1) is 24.0 Å². The molecule has 19 heavy (non-hydrogen) atoms. The van der Waals surface area contributed by atoms with Crippen LogP contribution in [0.25, 0.3) is 11.0 Å². The summed E-state index contributed by atoms with van der Waals surface area (Å²) in [7, 11) is 3.42. The lowest BCUT2D eigenvalue weighted by Gasteiger charge is -2.16. The lowest BCUT2D eigenvalue weighted by atomic mass is 10.2. The van der Waals surface area contributed by atoms with Crippen molar-refractivity contribution in [3.8, 4) is 0 Å². The van der Waals surface area contributed by atoms with Crippen molar-refractivity contribution in [2.45, 2.75) is 6.92 Å². The minimum Gasteiger partial charge on any atom is -0.459 e. The third-order valence-electron chi connectivity index (χ3n) is 2.85. The van der Waals surface area contributed by atoms with E-state index in [0.717, 1.165) is 11.0 Å². The Morgan fingerprint density at radius 1 is 1.42 bits per heavy atom. The Bertz CT molecular complexity index is 633. The minimum absolute atomic E-state index is 0.178. The third-order valence-corrected chi connectivity index (χ3v) is 2.85. The number of aryl methyl sites for hydroxylation is 1. The van der Waals surface area contributed by atoms with Crippen molar-refractivity contribution in [3.05, 3.63) is 24.5 Å². The topological polar surface area (TPSA) is 64.4 Å². The fourth-order valence-electron chi connectivity index (χ4n) is 1.78. The summed E-state index contributed by atoms with van der Waals surface area (Å²) in [6.07, 6.45) is 1.70. The van der Waals surface area contributed by atoms with Gasteiger partial charge in [0.15, 0.2) is 0 Å². The summed E-state index contributed by atoms with van der Waals surface area (Å²) >= 11 is 0. The van der Waals surface area contributed by atoms with E-state index in [4.69, 9.17) is 0 Å². The molecule has 0 saturated carbocycles. The van der Waals surface area contributed by atoms with E-state index in [1.807, 2.05) is 17.7 Å². The summed E-state index contributed by atoms with van der Waals surface area (Å²) in [5.41, 5.74) is 2.33. The molecule has 1 amide bonds. The van der Waals surface area contributed by atoms with Crippen LogP contribution in [0.5, 0.6) is 0 Å². The van der Waals surface area contributed by atoms with E-state index in [-0.39, 0.29) is 6.61 Å². The number of aromatic nitrogens is 2. The third kappa shape index (κ3) is 2.42. The second-order valence-electron chi connectivity index (χ2n) is 4.11. The van der Waals surface area contributed by atoms with Crippen LogP contribution in [0, 0.1) is 0 Å². The molecular weight excluding hydrogens is 246 g/mol. The van der Waals surface area contributed by atoms with Gasteiger partial charge in [-0.3, -0.25) is 4.79 Å². The van der Waals surface area contributed by atoms with Crippen molar-refractivity contribution >= 4 is 28.6 Å². The monoisotopic (exact) mass is 261 g/mol. The van der Waals surface area contributed by atoms with Crippen LogP contribution in [0.2, 0.25) is 0 Å². The zero-order valence-corrected chi connectivity index (χ0v) is 11.1. The summed E-state index contributed by atoms with van der Waals surface area (Å²) in [4.78, 5) is 28.7. The molecule has 0 aliphatic rings. The van der Waals surface area contributed by atoms with Crippen molar-refractivity contribution in [1.82, 2.24) is 9.55 Å². The smallest absolute Gasteiger partial charge is 0.397 e. The number of imidazole rings is 1. The van der Waals surface area contributed by atoms with Crippen LogP contribution in [0.1, 0.15) is 6.92 Å². The zero-order valence-electron chi connectivity index (χ0n) is 11.1. The first-order valence-electron chi connectivity index (χ1n) is 5.90. The molecule has 2 rings (SSSR count). The molecule has 0 atom stereocenters. The van der Waals surface area contributed by atoms with Gasteiger partial charge in [-0.25, -0.2) is 9.78 Å². The van der Waals surface area contributed by atoms with Gasteiger partial charge in [0, 0.05) is 19.8 Å². The second-order valence-corrected chi connectivity index (χ2v) is 4.11. The van der Waals surface area contributed by atoms with Gasteiger partial charge >= 0.3 is 11.9 Å². The zero-order chi connectivity index (χ0) is 14.0. The summed E-state index contributed by atoms with van der Waals surface area (Å²) in [6.45, 7) is 1.84. The Kier molecular flexibility index (Phi) is 3.50. The largest absolute Gasteiger partial charge is 0.459 e. The van der Waals surface area contributed by atoms with E-state index in [1.54, 1.807) is 25.4 Å². The van der Waals surface area contributed by atoms with Crippen LogP contribution in [-0.2, 0) is 21.4 Å². The summed E-state index contributed by atoms with van der Waals surface area (Å²) < 4.78 is 6.57. The molecule has 0 spiro atoms. The second kappa shape index (κ2) is 5.09. The van der Waals surface area contributed by atoms with Crippen LogP contribution >= 0.6 is 0 Å². The Labute approximate surface area is 110 Å². The lowest BCUT2D eigenvalue weighted by molar-refractivity contribution is -0.153. The number of hydrogen-bond donors (Lipinski definition) is 0. The highest BCUT2D eigenvalue weighted by Gasteiger charge is 2.21. The number of likely N-dealkylation sites (N-methyl/N-ethyl adjacent to an activating group) is 1. The molecule has 0 radical (unpaired) electrons. The molecule has 100 valence electrons. The predicted molar refractivity (Wildman–Crippen MR) is 70.8 cm³/mol. The number of carbonyl (C=O) groups is 2. The number of amides is 1. The highest BCUT2D eigenvalue weighted by Crippen LogP contribution is 2.20. The average molecular weight is 261 g/mol. The molecule has 2 aromatic rings. The Balaban J connectivity index is 2.28. The van der Waals surface area contributed by atoms with Crippen molar-refractivity contribution in [3.63, 3.8) is 0 Å². The molecule has 0 fully saturated rings. The van der Waals surface area contributed by atoms with Crippen molar-refractivity contribution in [1.29, 1.82) is 0 Å². The van der Waals surface area contributed by atoms with Crippen LogP contribution in [0.3, 0.4) is 0 Å². The molecule has 0 saturated heterocycles. The Morgan fingerprint density at radius 2 is 2.16 bits per heavy atom. The standard InChI is InChI=1S/C13H15N3O3/c1-4-19-13(18)12(17)16(3)9-5-6-11-10(7-9)14-8-15(11)2/h5-8H,4H2,1-3H3. The Morgan fingerprint density at radius 3 is 2.84 bits per heavy atom. The van der Waals surface area contributed by atoms with Gasteiger partial charge in [0.25, 0.3) is 0 Å². The lowest BCUT2D eigenvalue weighted by Crippen LogP contribution is -2.34. The number of fused-ring (bicyclic) bond motifs is 1. The van der Waals surface area contributed by atoms with Crippen LogP contribution in [0.15, 0.2) is 24.5 Å². The van der Waals surface area contributed by atoms with Gasteiger partial charge < -0.3 is 14.2 Å². The number of esters is 1. The fourth-order valence-corrected chi connectivity index (χ4v) is 1.78. The van der Waals surface area contributed by atoms with Gasteiger partial charge in [0.2, 0.25) is 0 Å². The molecule has 0 aliphatic heterocycles. The van der Waals surface area contributed by atoms with Crippen LogP contribution in [-0.4, -0.2) is 35.1 Å². The first-order valence-corrected chi connectivity index (χ1v) is 5.90. The first-order chi connectivity index (χ1) is 9.04. The molecule has 0 N–H and O–H groups in total. The van der Waals surface area contributed by atoms with Crippen LogP contribution < -0.4 is 4.90 Å². The number of rotatable bonds is 2. The number of nitrogens with zero attached hydrogens (tertiary/aromatic N) is 3. The molecule has 0 aliphatic carbocycles. The van der Waals surface area contributed by atoms with Crippen molar-refractivity contribution in [2.75, 3.05) is 18.6 Å². The van der Waals surface area contributed by atoms with Crippen LogP contribution in [0.4, 0.5) is 5.69 Å². The minimum atomic E-state index is -0.855. The number of carbonyl (C=O) groups excluding carboxylic acids is 2. The molecule has 6 nitrogen and oxygen atoms in total. The SMILES string of the molecule is CCOC(=O)C(=O)N(C)c1ccc2c(c1)ncn2C. The van der Waals surface area contributed by atoms with Gasteiger partial charge in [0.1, 0.15) is 0 Å². The van der Waals surface area contributed by atoms with Crippen molar-refractivity contribution in [2.24, 2.45) is 7.05 Å². The number of ether oxygens (including phenoxy) is 1. The fraction of sp³-hybridized carbons (Fsp3) is 0.308. The molecular formula is C13H15N3O3. The summed E-state index contributed by atoms with van der Waals surface area (Å²) in [6, 6.07) is 5.38. The maximum absolute atomic E-state index is 11.8. The Hall–Kier alpha value is -2.37. The van der Waals surface area contributed by atoms with Gasteiger partial charge in [-0.15, -0.1) is 0 Å². The molecule has 6 heteroatoms. The molecule has 0 unspecified atom stereocenters. The highest BCUT2D eigenvalue weighted by molar-refractivity contribution is 6.38. The van der Waals surface area contributed by atoms with E-state index in [9.17, 15) is 9.59 Å². The van der Waals surface area contributed by atoms with E-state index in [0.29, 0.717) is 5.69 Å². The molecule has 1 aromatic carbocycles. The summed E-state index contributed by atoms with van der Waals surface area (Å²) in [5, 5.41) is 0. The van der Waals surface area contributed by atoms with Gasteiger partial charge in [-0.05, 0) is 25.1 Å². The van der Waals surface area contributed by atoms with Gasteiger partial charge in [-0.2, -0.15) is 0 Å². The number of hydrogen-bond acceptors (Lipinski definition) is 4. The van der Waals surface area contributed by atoms with Crippen molar-refractivity contribution < 1.29 is 14.3 Å². The average Bonchev–Trinajstić information content (AvgIpc) is 2.78. The highest BCUT2D eigenvalue weighted by atomic mass is 16.5. The van der Waals surface area contributed by atoms with E-state index in [2.05, 4.69) is 9.72 Å². The number of anilines is 1. The summed E-state index contributed by atoms with van der Waals surface area (Å²) in [5.74, 6) is -1.55. The number of benzene rings is 1. The maximum Gasteiger partial charge on any atom is 0.397 e. The van der Waals surface area contributed by atoms with E-state index >= 15 is 0 Å². The quantitative estimate of drug-likeness (QED) is 0.600. The van der Waals surface area contributed by atoms with E-state index in [1.165, 1.54) is 11.9 Å². The molecule has 1 aromatic heterocycles. The maximum atomic E-state index is 11.8. The first kappa shape index (κ1) is 13.1. The van der Waals surface area contributed by atoms with E-state index < -0.39 is 11.9 Å². The molecule has 1 heterocycles. The van der Waals surface area contributed by atoms with Gasteiger partial charge in [-0.1, -0.05) is 0 Å². The molecule has 0 bridgehead atoms. The normalized spacial score (nSPS) is 10.5. The predicted octanol–water partition coefficient (Wildman–Crippen LogP) is 1.10.